The van der Waals surface area contributed by atoms with Crippen LogP contribution >= 0.6 is 11.3 Å². The van der Waals surface area contributed by atoms with Gasteiger partial charge >= 0.3 is 0 Å². The number of methoxy groups -OCH3 is 2. The van der Waals surface area contributed by atoms with Crippen molar-refractivity contribution in [3.63, 3.8) is 0 Å². The third kappa shape index (κ3) is 3.48. The van der Waals surface area contributed by atoms with E-state index < -0.39 is 0 Å². The van der Waals surface area contributed by atoms with Gasteiger partial charge in [-0.15, -0.1) is 11.3 Å². The fourth-order valence-corrected chi connectivity index (χ4v) is 5.81. The molecule has 2 unspecified atom stereocenters. The van der Waals surface area contributed by atoms with Gasteiger partial charge in [-0.3, -0.25) is 4.79 Å². The summed E-state index contributed by atoms with van der Waals surface area (Å²) in [5.74, 6) is 2.02. The summed E-state index contributed by atoms with van der Waals surface area (Å²) in [7, 11) is 3.24. The van der Waals surface area contributed by atoms with Crippen LogP contribution < -0.4 is 20.1 Å². The molecule has 1 aromatic heterocycles. The fourth-order valence-electron chi connectivity index (χ4n) is 4.45. The van der Waals surface area contributed by atoms with Crippen LogP contribution in [-0.2, 0) is 12.8 Å². The van der Waals surface area contributed by atoms with E-state index in [0.717, 1.165) is 35.4 Å². The Bertz CT molecular complexity index is 934. The number of hydrogen-bond acceptors (Lipinski definition) is 5. The highest BCUT2D eigenvalue weighted by Crippen LogP contribution is 2.47. The summed E-state index contributed by atoms with van der Waals surface area (Å²) >= 11 is 1.76. The first-order valence-electron chi connectivity index (χ1n) is 10.3. The second-order valence-electron chi connectivity index (χ2n) is 8.66. The molecule has 0 fully saturated rings. The van der Waals surface area contributed by atoms with Crippen molar-refractivity contribution >= 4 is 22.2 Å². The molecule has 0 saturated heterocycles. The van der Waals surface area contributed by atoms with Gasteiger partial charge in [0, 0.05) is 4.88 Å². The number of fused-ring (bicyclic) bond motifs is 3. The molecule has 0 saturated carbocycles. The number of nitrogens with one attached hydrogen (secondary N) is 2. The van der Waals surface area contributed by atoms with E-state index in [1.807, 2.05) is 18.2 Å². The van der Waals surface area contributed by atoms with Crippen molar-refractivity contribution in [3.05, 3.63) is 39.8 Å². The number of rotatable bonds is 5. The van der Waals surface area contributed by atoms with E-state index in [0.29, 0.717) is 22.8 Å². The van der Waals surface area contributed by atoms with Gasteiger partial charge in [0.25, 0.3) is 5.91 Å². The van der Waals surface area contributed by atoms with Gasteiger partial charge in [-0.1, -0.05) is 33.3 Å². The molecule has 1 aromatic carbocycles. The molecule has 6 heteroatoms. The summed E-state index contributed by atoms with van der Waals surface area (Å²) in [6, 6.07) is 5.74. The first-order chi connectivity index (χ1) is 13.9. The Labute approximate surface area is 176 Å². The van der Waals surface area contributed by atoms with Gasteiger partial charge in [0.15, 0.2) is 11.5 Å². The minimum Gasteiger partial charge on any atom is -0.493 e. The SMILES string of the molecule is CCC(C)(C)C1CCc2c(sc3c2C(=O)NC(c2ccc(OC)c(OC)c2)N3)C1. The lowest BCUT2D eigenvalue weighted by molar-refractivity contribution is 0.0934. The number of amides is 1. The van der Waals surface area contributed by atoms with Gasteiger partial charge in [-0.25, -0.2) is 0 Å². The second kappa shape index (κ2) is 7.56. The number of anilines is 1. The van der Waals surface area contributed by atoms with Gasteiger partial charge in [0.05, 0.1) is 19.8 Å². The summed E-state index contributed by atoms with van der Waals surface area (Å²) in [4.78, 5) is 14.4. The van der Waals surface area contributed by atoms with Crippen LogP contribution in [0.15, 0.2) is 18.2 Å². The summed E-state index contributed by atoms with van der Waals surface area (Å²) in [6.07, 6.45) is 4.12. The van der Waals surface area contributed by atoms with Crippen molar-refractivity contribution in [1.82, 2.24) is 5.32 Å². The van der Waals surface area contributed by atoms with E-state index in [4.69, 9.17) is 9.47 Å². The van der Waals surface area contributed by atoms with E-state index in [1.54, 1.807) is 25.6 Å². The number of carbonyl (C=O) groups excluding carboxylic acids is 1. The third-order valence-corrected chi connectivity index (χ3v) is 7.99. The molecule has 2 aromatic rings. The van der Waals surface area contributed by atoms with Crippen LogP contribution in [-0.4, -0.2) is 20.1 Å². The van der Waals surface area contributed by atoms with Crippen molar-refractivity contribution in [3.8, 4) is 11.5 Å². The molecule has 2 heterocycles. The van der Waals surface area contributed by atoms with E-state index in [2.05, 4.69) is 31.4 Å². The molecular weight excluding hydrogens is 384 g/mol. The van der Waals surface area contributed by atoms with Crippen LogP contribution in [0, 0.1) is 11.3 Å². The van der Waals surface area contributed by atoms with Crippen LogP contribution in [0.3, 0.4) is 0 Å². The Morgan fingerprint density at radius 2 is 1.93 bits per heavy atom. The minimum absolute atomic E-state index is 0.0178. The number of thiophene rings is 1. The van der Waals surface area contributed by atoms with Crippen molar-refractivity contribution in [2.45, 2.75) is 52.6 Å². The predicted octanol–water partition coefficient (Wildman–Crippen LogP) is 5.16. The Morgan fingerprint density at radius 1 is 1.17 bits per heavy atom. The molecule has 1 amide bonds. The van der Waals surface area contributed by atoms with Crippen LogP contribution in [0.4, 0.5) is 5.00 Å². The monoisotopic (exact) mass is 414 g/mol. The average Bonchev–Trinajstić information content (AvgIpc) is 3.11. The summed E-state index contributed by atoms with van der Waals surface area (Å²) < 4.78 is 10.7. The maximum atomic E-state index is 13.0. The van der Waals surface area contributed by atoms with E-state index in [1.165, 1.54) is 16.9 Å². The largest absolute Gasteiger partial charge is 0.493 e. The molecule has 0 spiro atoms. The molecule has 5 nitrogen and oxygen atoms in total. The molecule has 4 rings (SSSR count). The Morgan fingerprint density at radius 3 is 2.62 bits per heavy atom. The van der Waals surface area contributed by atoms with Crippen LogP contribution in [0.25, 0.3) is 0 Å². The molecule has 2 N–H and O–H groups in total. The third-order valence-electron chi connectivity index (χ3n) is 6.80. The maximum absolute atomic E-state index is 13.0. The summed E-state index contributed by atoms with van der Waals surface area (Å²) in [6.45, 7) is 7.01. The van der Waals surface area contributed by atoms with E-state index in [-0.39, 0.29) is 12.1 Å². The Hall–Kier alpha value is -2.21. The Balaban J connectivity index is 1.62. The highest BCUT2D eigenvalue weighted by Gasteiger charge is 2.37. The molecule has 29 heavy (non-hydrogen) atoms. The number of carbonyl (C=O) groups is 1. The van der Waals surface area contributed by atoms with Gasteiger partial charge < -0.3 is 20.1 Å². The molecule has 0 radical (unpaired) electrons. The zero-order valence-corrected chi connectivity index (χ0v) is 18.7. The molecule has 2 aliphatic rings. The topological polar surface area (TPSA) is 59.6 Å². The smallest absolute Gasteiger partial charge is 0.256 e. The first-order valence-corrected chi connectivity index (χ1v) is 11.1. The van der Waals surface area contributed by atoms with Gasteiger partial charge in [0.1, 0.15) is 11.2 Å². The van der Waals surface area contributed by atoms with E-state index in [9.17, 15) is 4.79 Å². The quantitative estimate of drug-likeness (QED) is 0.709. The van der Waals surface area contributed by atoms with Crippen molar-refractivity contribution < 1.29 is 14.3 Å². The van der Waals surface area contributed by atoms with Gasteiger partial charge in [-0.2, -0.15) is 0 Å². The zero-order valence-electron chi connectivity index (χ0n) is 17.8. The van der Waals surface area contributed by atoms with E-state index >= 15 is 0 Å². The highest BCUT2D eigenvalue weighted by atomic mass is 32.1. The molecule has 2 atom stereocenters. The molecule has 1 aliphatic carbocycles. The van der Waals surface area contributed by atoms with Gasteiger partial charge in [0.2, 0.25) is 0 Å². The lowest BCUT2D eigenvalue weighted by Crippen LogP contribution is -2.38. The average molecular weight is 415 g/mol. The second-order valence-corrected chi connectivity index (χ2v) is 9.76. The van der Waals surface area contributed by atoms with Crippen LogP contribution in [0.1, 0.15) is 66.1 Å². The number of hydrogen-bond donors (Lipinski definition) is 2. The van der Waals surface area contributed by atoms with Crippen LogP contribution in [0.2, 0.25) is 0 Å². The maximum Gasteiger partial charge on any atom is 0.256 e. The molecular formula is C23H30N2O3S. The highest BCUT2D eigenvalue weighted by molar-refractivity contribution is 7.16. The first kappa shape index (κ1) is 20.1. The lowest BCUT2D eigenvalue weighted by atomic mass is 9.69. The molecule has 0 bridgehead atoms. The Kier molecular flexibility index (Phi) is 5.23. The summed E-state index contributed by atoms with van der Waals surface area (Å²) in [5.41, 5.74) is 3.39. The molecule has 156 valence electrons. The van der Waals surface area contributed by atoms with Crippen LogP contribution in [0.5, 0.6) is 11.5 Å². The van der Waals surface area contributed by atoms with Gasteiger partial charge in [-0.05, 0) is 53.9 Å². The van der Waals surface area contributed by atoms with Crippen molar-refractivity contribution in [1.29, 1.82) is 0 Å². The lowest BCUT2D eigenvalue weighted by Gasteiger charge is -2.36. The molecule has 1 aliphatic heterocycles. The standard InChI is InChI=1S/C23H30N2O3S/c1-6-23(2,3)14-8-9-15-18(12-14)29-22-19(15)21(26)24-20(25-22)13-7-10-16(27-4)17(11-13)28-5/h7,10-11,14,20,25H,6,8-9,12H2,1-5H3,(H,24,26). The number of benzene rings is 1. The summed E-state index contributed by atoms with van der Waals surface area (Å²) in [5, 5.41) is 7.67. The predicted molar refractivity (Wildman–Crippen MR) is 117 cm³/mol. The van der Waals surface area contributed by atoms with Crippen molar-refractivity contribution in [2.24, 2.45) is 11.3 Å². The minimum atomic E-state index is -0.280. The zero-order chi connectivity index (χ0) is 20.8. The number of ether oxygens (including phenoxy) is 2. The van der Waals surface area contributed by atoms with Crippen molar-refractivity contribution in [2.75, 3.05) is 19.5 Å². The normalized spacial score (nSPS) is 20.9. The fraction of sp³-hybridized carbons (Fsp3) is 0.522.